The molecule has 3 N–H and O–H groups in total. The number of amides is 2. The van der Waals surface area contributed by atoms with E-state index in [9.17, 15) is 9.59 Å². The molecule has 1 aliphatic carbocycles. The van der Waals surface area contributed by atoms with Crippen molar-refractivity contribution in [2.45, 2.75) is 18.9 Å². The molecule has 1 fully saturated rings. The first kappa shape index (κ1) is 19.7. The fourth-order valence-electron chi connectivity index (χ4n) is 2.49. The van der Waals surface area contributed by atoms with E-state index in [1.807, 2.05) is 0 Å². The van der Waals surface area contributed by atoms with Gasteiger partial charge >= 0.3 is 0 Å². The Morgan fingerprint density at radius 2 is 1.81 bits per heavy atom. The van der Waals surface area contributed by atoms with Crippen LogP contribution in [0.5, 0.6) is 0 Å². The first-order valence-electron chi connectivity index (χ1n) is 8.24. The van der Waals surface area contributed by atoms with Gasteiger partial charge in [0.25, 0.3) is 11.8 Å². The molecule has 0 aromatic heterocycles. The summed E-state index contributed by atoms with van der Waals surface area (Å²) >= 11 is 18.0. The van der Waals surface area contributed by atoms with Crippen LogP contribution in [0.2, 0.25) is 15.1 Å². The smallest absolute Gasteiger partial charge is 0.274 e. The second-order valence-corrected chi connectivity index (χ2v) is 7.49. The lowest BCUT2D eigenvalue weighted by molar-refractivity contribution is -0.119. The van der Waals surface area contributed by atoms with Gasteiger partial charge in [0.05, 0.1) is 10.0 Å². The van der Waals surface area contributed by atoms with Gasteiger partial charge in [-0.2, -0.15) is 4.99 Å². The lowest BCUT2D eigenvalue weighted by Crippen LogP contribution is -2.34. The van der Waals surface area contributed by atoms with Crippen LogP contribution < -0.4 is 11.1 Å². The minimum absolute atomic E-state index is 0.132. The first-order valence-corrected chi connectivity index (χ1v) is 9.38. The maximum absolute atomic E-state index is 12.7. The number of hydrogen-bond donors (Lipinski definition) is 2. The molecule has 1 unspecified atom stereocenters. The summed E-state index contributed by atoms with van der Waals surface area (Å²) < 4.78 is 0. The highest BCUT2D eigenvalue weighted by atomic mass is 35.5. The number of carbonyl (C=O) groups is 2. The fraction of sp³-hybridized carbons (Fsp3) is 0.211. The molecule has 2 aromatic carbocycles. The van der Waals surface area contributed by atoms with E-state index in [0.29, 0.717) is 21.2 Å². The number of carbonyl (C=O) groups excluding carboxylic acids is 2. The van der Waals surface area contributed by atoms with Crippen LogP contribution in [0.1, 0.15) is 34.8 Å². The Hall–Kier alpha value is -2.08. The summed E-state index contributed by atoms with van der Waals surface area (Å²) in [7, 11) is 0. The summed E-state index contributed by atoms with van der Waals surface area (Å²) in [5, 5.41) is 3.70. The summed E-state index contributed by atoms with van der Waals surface area (Å²) in [6, 6.07) is 10.0. The van der Waals surface area contributed by atoms with Crippen molar-refractivity contribution in [3.05, 3.63) is 68.7 Å². The number of nitrogens with two attached hydrogens (primary N) is 1. The van der Waals surface area contributed by atoms with E-state index in [1.165, 1.54) is 12.1 Å². The van der Waals surface area contributed by atoms with Crippen molar-refractivity contribution in [1.29, 1.82) is 0 Å². The predicted octanol–water partition coefficient (Wildman–Crippen LogP) is 4.41. The zero-order valence-electron chi connectivity index (χ0n) is 14.1. The van der Waals surface area contributed by atoms with Gasteiger partial charge in [-0.3, -0.25) is 9.59 Å². The molecule has 0 saturated heterocycles. The Kier molecular flexibility index (Phi) is 6.05. The van der Waals surface area contributed by atoms with Crippen molar-refractivity contribution in [3.8, 4) is 0 Å². The van der Waals surface area contributed by atoms with Gasteiger partial charge in [0.2, 0.25) is 0 Å². The summed E-state index contributed by atoms with van der Waals surface area (Å²) in [5.74, 6) is -0.635. The minimum atomic E-state index is -1.05. The maximum atomic E-state index is 12.7. The molecule has 1 saturated carbocycles. The molecule has 140 valence electrons. The van der Waals surface area contributed by atoms with E-state index in [4.69, 9.17) is 40.5 Å². The van der Waals surface area contributed by atoms with Crippen LogP contribution in [-0.4, -0.2) is 17.6 Å². The molecule has 2 aromatic rings. The molecule has 1 aliphatic rings. The fourth-order valence-corrected chi connectivity index (χ4v) is 2.98. The van der Waals surface area contributed by atoms with Crippen molar-refractivity contribution in [2.75, 3.05) is 0 Å². The normalized spacial score (nSPS) is 15.3. The highest BCUT2D eigenvalue weighted by molar-refractivity contribution is 6.42. The summed E-state index contributed by atoms with van der Waals surface area (Å²) in [6.07, 6.45) is 1.82. The van der Waals surface area contributed by atoms with Crippen LogP contribution >= 0.6 is 34.8 Å². The van der Waals surface area contributed by atoms with Crippen molar-refractivity contribution < 1.29 is 9.59 Å². The van der Waals surface area contributed by atoms with E-state index in [1.54, 1.807) is 30.3 Å². The number of rotatable bonds is 5. The van der Waals surface area contributed by atoms with Crippen molar-refractivity contribution in [3.63, 3.8) is 0 Å². The highest BCUT2D eigenvalue weighted by Crippen LogP contribution is 2.30. The third-order valence-corrected chi connectivity index (χ3v) is 5.10. The number of nitrogens with zero attached hydrogens (tertiary/aromatic N) is 1. The van der Waals surface area contributed by atoms with Crippen LogP contribution in [0.3, 0.4) is 0 Å². The van der Waals surface area contributed by atoms with Crippen LogP contribution in [0.15, 0.2) is 47.5 Å². The van der Waals surface area contributed by atoms with E-state index < -0.39 is 17.9 Å². The minimum Gasteiger partial charge on any atom is -0.387 e. The summed E-state index contributed by atoms with van der Waals surface area (Å²) in [4.78, 5) is 29.3. The Labute approximate surface area is 171 Å². The van der Waals surface area contributed by atoms with Gasteiger partial charge < -0.3 is 11.1 Å². The Balaban J connectivity index is 1.91. The molecule has 0 spiro atoms. The Bertz CT molecular complexity index is 926. The Morgan fingerprint density at radius 1 is 1.07 bits per heavy atom. The molecule has 5 nitrogen and oxygen atoms in total. The van der Waals surface area contributed by atoms with Gasteiger partial charge in [-0.05, 0) is 48.7 Å². The third-order valence-electron chi connectivity index (χ3n) is 4.12. The quantitative estimate of drug-likeness (QED) is 0.550. The monoisotopic (exact) mass is 423 g/mol. The van der Waals surface area contributed by atoms with Crippen LogP contribution in [0.25, 0.3) is 0 Å². The first-order chi connectivity index (χ1) is 12.8. The number of benzene rings is 2. The molecular formula is C19H16Cl3N3O2. The number of hydrogen-bond acceptors (Lipinski definition) is 2. The third kappa shape index (κ3) is 5.01. The average Bonchev–Trinajstić information content (AvgIpc) is 3.47. The van der Waals surface area contributed by atoms with Gasteiger partial charge in [-0.15, -0.1) is 0 Å². The summed E-state index contributed by atoms with van der Waals surface area (Å²) in [5.41, 5.74) is 6.64. The van der Waals surface area contributed by atoms with Crippen LogP contribution in [-0.2, 0) is 4.79 Å². The lowest BCUT2D eigenvalue weighted by atomic mass is 10.1. The van der Waals surface area contributed by atoms with Gasteiger partial charge in [0.1, 0.15) is 11.9 Å². The zero-order chi connectivity index (χ0) is 19.6. The van der Waals surface area contributed by atoms with Crippen molar-refractivity contribution in [1.82, 2.24) is 5.32 Å². The van der Waals surface area contributed by atoms with E-state index in [0.717, 1.165) is 12.8 Å². The molecule has 0 bridgehead atoms. The molecule has 0 heterocycles. The second-order valence-electron chi connectivity index (χ2n) is 6.24. The largest absolute Gasteiger partial charge is 0.387 e. The highest BCUT2D eigenvalue weighted by Gasteiger charge is 2.29. The zero-order valence-corrected chi connectivity index (χ0v) is 16.4. The SMILES string of the molecule is NC(=NC(=O)C(NC(=O)c1cccc(Cl)c1)c1ccc(Cl)c(Cl)c1)C1CC1. The standard InChI is InChI=1S/C19H16Cl3N3O2/c20-13-3-1-2-12(8-13)18(26)24-16(11-6-7-14(21)15(22)9-11)19(27)25-17(23)10-4-5-10/h1-3,6-10,16H,4-5H2,(H,24,26)(H2,23,25,27). The lowest BCUT2D eigenvalue weighted by Gasteiger charge is -2.17. The maximum Gasteiger partial charge on any atom is 0.274 e. The number of halogens is 3. The van der Waals surface area contributed by atoms with Crippen LogP contribution in [0, 0.1) is 5.92 Å². The second kappa shape index (κ2) is 8.30. The van der Waals surface area contributed by atoms with E-state index >= 15 is 0 Å². The topological polar surface area (TPSA) is 84.5 Å². The summed E-state index contributed by atoms with van der Waals surface area (Å²) in [6.45, 7) is 0. The van der Waals surface area contributed by atoms with Gasteiger partial charge in [-0.25, -0.2) is 0 Å². The number of amidine groups is 1. The molecule has 3 rings (SSSR count). The van der Waals surface area contributed by atoms with E-state index in [2.05, 4.69) is 10.3 Å². The number of nitrogens with one attached hydrogen (secondary N) is 1. The average molecular weight is 425 g/mol. The van der Waals surface area contributed by atoms with Gasteiger partial charge in [0, 0.05) is 16.5 Å². The van der Waals surface area contributed by atoms with Gasteiger partial charge in [-0.1, -0.05) is 46.9 Å². The number of aliphatic imine (C=N–C) groups is 1. The van der Waals surface area contributed by atoms with Gasteiger partial charge in [0.15, 0.2) is 0 Å². The molecule has 27 heavy (non-hydrogen) atoms. The Morgan fingerprint density at radius 3 is 2.44 bits per heavy atom. The van der Waals surface area contributed by atoms with Crippen LogP contribution in [0.4, 0.5) is 0 Å². The molecule has 8 heteroatoms. The van der Waals surface area contributed by atoms with Crippen molar-refractivity contribution in [2.24, 2.45) is 16.6 Å². The van der Waals surface area contributed by atoms with Crippen molar-refractivity contribution >= 4 is 52.5 Å². The molecule has 0 aliphatic heterocycles. The molecule has 0 radical (unpaired) electrons. The molecular weight excluding hydrogens is 409 g/mol. The predicted molar refractivity (Wildman–Crippen MR) is 107 cm³/mol. The molecule has 1 atom stereocenters. The molecule has 2 amide bonds. The van der Waals surface area contributed by atoms with E-state index in [-0.39, 0.29) is 16.8 Å².